The highest BCUT2D eigenvalue weighted by Gasteiger charge is 2.56. The van der Waals surface area contributed by atoms with Crippen LogP contribution >= 0.6 is 34.5 Å². The summed E-state index contributed by atoms with van der Waals surface area (Å²) in [6.45, 7) is 0.297. The van der Waals surface area contributed by atoms with Crippen LogP contribution in [0.2, 0.25) is 10.0 Å². The summed E-state index contributed by atoms with van der Waals surface area (Å²) >= 11 is 14.2. The Morgan fingerprint density at radius 3 is 2.54 bits per heavy atom. The Balaban J connectivity index is 1.14. The van der Waals surface area contributed by atoms with E-state index in [1.54, 1.807) is 6.07 Å². The van der Waals surface area contributed by atoms with Crippen LogP contribution in [0.25, 0.3) is 21.5 Å². The zero-order valence-corrected chi connectivity index (χ0v) is 23.0. The van der Waals surface area contributed by atoms with E-state index in [0.29, 0.717) is 56.4 Å². The van der Waals surface area contributed by atoms with Gasteiger partial charge in [-0.25, -0.2) is 9.37 Å². The molecule has 0 amide bonds. The first-order valence-corrected chi connectivity index (χ1v) is 14.6. The molecule has 3 heterocycles. The number of hydrogen-bond acceptors (Lipinski definition) is 8. The maximum atomic E-state index is 14.6. The number of thiazole rings is 1. The van der Waals surface area contributed by atoms with Gasteiger partial charge < -0.3 is 14.4 Å². The number of ether oxygens (including phenoxy) is 1. The number of halogens is 3. The SMILES string of the molecule is N#Cc1cc(F)c2nc([C@]3(O)[C@@H]4CC[C@H]3C[C@H](OCc3c(-c5c(Cl)cncc5Cl)noc3C3CC3)C4)sc2c1. The normalized spacial score (nSPS) is 26.3. The lowest BCUT2D eigenvalue weighted by atomic mass is 9.73. The Hall–Kier alpha value is -2.61. The summed E-state index contributed by atoms with van der Waals surface area (Å²) in [7, 11) is 0. The van der Waals surface area contributed by atoms with Gasteiger partial charge in [0.1, 0.15) is 27.6 Å². The molecule has 4 atom stereocenters. The molecule has 0 aliphatic heterocycles. The molecule has 3 aliphatic rings. The smallest absolute Gasteiger partial charge is 0.151 e. The standard InChI is InChI=1S/C28H23Cl2FN4O3S/c29-19-10-33-11-20(30)23(19)24-18(26(38-35-24)14-1-2-14)12-37-17-7-15-3-4-16(8-17)28(15,36)27-34-25-21(31)5-13(9-32)6-22(25)39-27/h5-6,10-11,14-17,36H,1-4,7-8,12H2/t15-,16+,17-,28+. The van der Waals surface area contributed by atoms with Gasteiger partial charge in [-0.3, -0.25) is 4.98 Å². The third kappa shape index (κ3) is 4.16. The number of aliphatic hydroxyl groups is 1. The van der Waals surface area contributed by atoms with Crippen LogP contribution in [0, 0.1) is 29.0 Å². The average Bonchev–Trinajstić information content (AvgIpc) is 3.49. The van der Waals surface area contributed by atoms with Crippen molar-refractivity contribution in [1.29, 1.82) is 5.26 Å². The van der Waals surface area contributed by atoms with Crippen molar-refractivity contribution in [2.75, 3.05) is 0 Å². The highest BCUT2D eigenvalue weighted by Crippen LogP contribution is 2.57. The Morgan fingerprint density at radius 2 is 1.87 bits per heavy atom. The molecular formula is C28H23Cl2FN4O3S. The Kier molecular flexibility index (Phi) is 6.18. The Bertz CT molecular complexity index is 1610. The number of aromatic nitrogens is 3. The summed E-state index contributed by atoms with van der Waals surface area (Å²) in [6, 6.07) is 4.81. The number of rotatable bonds is 6. The predicted molar refractivity (Wildman–Crippen MR) is 144 cm³/mol. The van der Waals surface area contributed by atoms with Crippen molar-refractivity contribution in [1.82, 2.24) is 15.1 Å². The lowest BCUT2D eigenvalue weighted by Gasteiger charge is -2.41. The third-order valence-electron chi connectivity index (χ3n) is 8.44. The van der Waals surface area contributed by atoms with Crippen molar-refractivity contribution in [2.24, 2.45) is 11.8 Å². The minimum atomic E-state index is -1.14. The van der Waals surface area contributed by atoms with Crippen LogP contribution in [-0.2, 0) is 16.9 Å². The molecule has 0 radical (unpaired) electrons. The van der Waals surface area contributed by atoms with Gasteiger partial charge in [0.05, 0.1) is 39.1 Å². The molecule has 1 aromatic carbocycles. The van der Waals surface area contributed by atoms with Crippen molar-refractivity contribution >= 4 is 44.8 Å². The minimum Gasteiger partial charge on any atom is -0.382 e. The molecule has 3 aliphatic carbocycles. The van der Waals surface area contributed by atoms with Gasteiger partial charge in [-0.1, -0.05) is 28.4 Å². The number of nitriles is 1. The van der Waals surface area contributed by atoms with Crippen LogP contribution in [0.15, 0.2) is 29.0 Å². The Labute approximate surface area is 237 Å². The number of fused-ring (bicyclic) bond motifs is 3. The van der Waals surface area contributed by atoms with E-state index in [4.69, 9.17) is 32.5 Å². The van der Waals surface area contributed by atoms with Gasteiger partial charge >= 0.3 is 0 Å². The molecular weight excluding hydrogens is 562 g/mol. The summed E-state index contributed by atoms with van der Waals surface area (Å²) < 4.78 is 27.4. The first-order valence-electron chi connectivity index (χ1n) is 13.0. The molecule has 1 N–H and O–H groups in total. The predicted octanol–water partition coefficient (Wildman–Crippen LogP) is 7.13. The molecule has 3 aromatic heterocycles. The summed E-state index contributed by atoms with van der Waals surface area (Å²) in [5.74, 6) is 0.476. The van der Waals surface area contributed by atoms with Crippen molar-refractivity contribution in [3.63, 3.8) is 0 Å². The van der Waals surface area contributed by atoms with Gasteiger partial charge in [0, 0.05) is 29.4 Å². The Morgan fingerprint density at radius 1 is 1.15 bits per heavy atom. The van der Waals surface area contributed by atoms with E-state index in [-0.39, 0.29) is 29.0 Å². The maximum Gasteiger partial charge on any atom is 0.151 e. The molecule has 7 nitrogen and oxygen atoms in total. The largest absolute Gasteiger partial charge is 0.382 e. The van der Waals surface area contributed by atoms with Crippen molar-refractivity contribution in [3.05, 3.63) is 62.3 Å². The van der Waals surface area contributed by atoms with E-state index in [0.717, 1.165) is 37.0 Å². The monoisotopic (exact) mass is 584 g/mol. The van der Waals surface area contributed by atoms with Gasteiger partial charge in [0.2, 0.25) is 0 Å². The summed E-state index contributed by atoms with van der Waals surface area (Å²) in [5.41, 5.74) is 1.34. The zero-order chi connectivity index (χ0) is 26.9. The van der Waals surface area contributed by atoms with E-state index in [1.807, 2.05) is 6.07 Å². The topological polar surface area (TPSA) is 105 Å². The quantitative estimate of drug-likeness (QED) is 0.257. The molecule has 7 rings (SSSR count). The molecule has 11 heteroatoms. The summed E-state index contributed by atoms with van der Waals surface area (Å²) in [5, 5.41) is 26.8. The highest BCUT2D eigenvalue weighted by molar-refractivity contribution is 7.18. The van der Waals surface area contributed by atoms with Crippen LogP contribution in [0.1, 0.15) is 66.3 Å². The van der Waals surface area contributed by atoms with Gasteiger partial charge in [0.25, 0.3) is 0 Å². The van der Waals surface area contributed by atoms with Gasteiger partial charge in [-0.15, -0.1) is 11.3 Å². The fourth-order valence-electron chi connectivity index (χ4n) is 6.37. The fourth-order valence-corrected chi connectivity index (χ4v) is 8.19. The zero-order valence-electron chi connectivity index (χ0n) is 20.7. The summed E-state index contributed by atoms with van der Waals surface area (Å²) in [4.78, 5) is 8.57. The maximum absolute atomic E-state index is 14.6. The van der Waals surface area contributed by atoms with Crippen molar-refractivity contribution in [2.45, 2.75) is 62.8 Å². The number of benzene rings is 1. The second kappa shape index (κ2) is 9.50. The lowest BCUT2D eigenvalue weighted by Crippen LogP contribution is -2.44. The van der Waals surface area contributed by atoms with E-state index >= 15 is 0 Å². The first kappa shape index (κ1) is 25.4. The molecule has 3 saturated carbocycles. The minimum absolute atomic E-state index is 0.0609. The molecule has 4 aromatic rings. The van der Waals surface area contributed by atoms with Gasteiger partial charge in [0.15, 0.2) is 5.82 Å². The second-order valence-corrected chi connectivity index (χ2v) is 12.6. The molecule has 0 saturated heterocycles. The molecule has 200 valence electrons. The summed E-state index contributed by atoms with van der Waals surface area (Å²) in [6.07, 6.45) is 8.08. The van der Waals surface area contributed by atoms with Crippen LogP contribution in [0.3, 0.4) is 0 Å². The molecule has 3 fully saturated rings. The van der Waals surface area contributed by atoms with Crippen molar-refractivity contribution in [3.8, 4) is 17.3 Å². The third-order valence-corrected chi connectivity index (χ3v) is 10.2. The number of hydrogen-bond donors (Lipinski definition) is 1. The number of pyridine rings is 1. The molecule has 0 unspecified atom stereocenters. The van der Waals surface area contributed by atoms with E-state index in [1.165, 1.54) is 29.8 Å². The van der Waals surface area contributed by atoms with Crippen LogP contribution < -0.4 is 0 Å². The molecule has 0 spiro atoms. The molecule has 2 bridgehead atoms. The van der Waals surface area contributed by atoms with Gasteiger partial charge in [-0.05, 0) is 62.5 Å². The van der Waals surface area contributed by atoms with E-state index in [2.05, 4.69) is 15.1 Å². The highest BCUT2D eigenvalue weighted by atomic mass is 35.5. The number of nitrogens with zero attached hydrogens (tertiary/aromatic N) is 4. The van der Waals surface area contributed by atoms with E-state index in [9.17, 15) is 14.8 Å². The van der Waals surface area contributed by atoms with Crippen LogP contribution in [0.4, 0.5) is 4.39 Å². The lowest BCUT2D eigenvalue weighted by molar-refractivity contribution is -0.116. The fraction of sp³-hybridized carbons (Fsp3) is 0.429. The molecule has 39 heavy (non-hydrogen) atoms. The van der Waals surface area contributed by atoms with E-state index < -0.39 is 11.4 Å². The van der Waals surface area contributed by atoms with Crippen LogP contribution in [-0.4, -0.2) is 26.3 Å². The first-order chi connectivity index (χ1) is 18.9. The van der Waals surface area contributed by atoms with Crippen molar-refractivity contribution < 1.29 is 18.8 Å². The second-order valence-electron chi connectivity index (χ2n) is 10.8. The average molecular weight is 585 g/mol. The van der Waals surface area contributed by atoms with Crippen LogP contribution in [0.5, 0.6) is 0 Å². The van der Waals surface area contributed by atoms with Gasteiger partial charge in [-0.2, -0.15) is 5.26 Å².